The van der Waals surface area contributed by atoms with Crippen molar-refractivity contribution in [2.45, 2.75) is 24.3 Å². The molecule has 4 heteroatoms. The van der Waals surface area contributed by atoms with Crippen LogP contribution in [0.4, 0.5) is 0 Å². The number of fused-ring (bicyclic) bond motifs is 1. The molecule has 1 saturated heterocycles. The van der Waals surface area contributed by atoms with E-state index in [2.05, 4.69) is 35.3 Å². The van der Waals surface area contributed by atoms with E-state index >= 15 is 0 Å². The highest BCUT2D eigenvalue weighted by Crippen LogP contribution is 2.26. The molecule has 2 heterocycles. The largest absolute Gasteiger partial charge is 0.342 e. The van der Waals surface area contributed by atoms with Crippen molar-refractivity contribution in [3.05, 3.63) is 72.4 Å². The van der Waals surface area contributed by atoms with Gasteiger partial charge in [0, 0.05) is 25.0 Å². The van der Waals surface area contributed by atoms with Gasteiger partial charge in [0.1, 0.15) is 0 Å². The van der Waals surface area contributed by atoms with Crippen LogP contribution in [0, 0.1) is 5.92 Å². The molecule has 1 amide bonds. The molecule has 1 aliphatic rings. The zero-order valence-corrected chi connectivity index (χ0v) is 16.2. The van der Waals surface area contributed by atoms with Crippen LogP contribution in [0.15, 0.2) is 71.9 Å². The Morgan fingerprint density at radius 1 is 1.00 bits per heavy atom. The highest BCUT2D eigenvalue weighted by molar-refractivity contribution is 7.99. The molecule has 3 aromatic rings. The lowest BCUT2D eigenvalue weighted by atomic mass is 9.97. The maximum absolute atomic E-state index is 12.8. The normalized spacial score (nSPS) is 15.2. The molecule has 3 nitrogen and oxygen atoms in total. The van der Waals surface area contributed by atoms with Gasteiger partial charge >= 0.3 is 0 Å². The summed E-state index contributed by atoms with van der Waals surface area (Å²) in [5, 5.41) is 3.48. The Labute approximate surface area is 164 Å². The van der Waals surface area contributed by atoms with Crippen LogP contribution in [-0.2, 0) is 11.2 Å². The van der Waals surface area contributed by atoms with Crippen molar-refractivity contribution in [3.63, 3.8) is 0 Å². The van der Waals surface area contributed by atoms with E-state index in [1.54, 1.807) is 0 Å². The van der Waals surface area contributed by atoms with E-state index in [1.165, 1.54) is 10.8 Å². The van der Waals surface area contributed by atoms with Gasteiger partial charge in [0.2, 0.25) is 5.91 Å². The zero-order valence-electron chi connectivity index (χ0n) is 15.4. The number of thioether (sulfide) groups is 1. The lowest BCUT2D eigenvalue weighted by molar-refractivity contribution is -0.131. The summed E-state index contributed by atoms with van der Waals surface area (Å²) in [5.41, 5.74) is 1.13. The van der Waals surface area contributed by atoms with Crippen LogP contribution in [0.3, 0.4) is 0 Å². The van der Waals surface area contributed by atoms with Gasteiger partial charge in [0.15, 0.2) is 0 Å². The first kappa shape index (κ1) is 18.1. The predicted octanol–water partition coefficient (Wildman–Crippen LogP) is 4.81. The molecule has 2 aromatic carbocycles. The fourth-order valence-electron chi connectivity index (χ4n) is 3.71. The van der Waals surface area contributed by atoms with E-state index in [9.17, 15) is 4.79 Å². The first-order valence-corrected chi connectivity index (χ1v) is 10.6. The number of hydrogen-bond donors (Lipinski definition) is 0. The van der Waals surface area contributed by atoms with Crippen molar-refractivity contribution in [1.82, 2.24) is 9.88 Å². The number of piperidine rings is 1. The number of benzene rings is 2. The van der Waals surface area contributed by atoms with Gasteiger partial charge in [0.05, 0.1) is 11.4 Å². The van der Waals surface area contributed by atoms with Crippen molar-refractivity contribution < 1.29 is 4.79 Å². The number of aromatic nitrogens is 1. The molecule has 0 aliphatic carbocycles. The molecule has 0 radical (unpaired) electrons. The first-order valence-electron chi connectivity index (χ1n) is 9.58. The minimum absolute atomic E-state index is 0.252. The fourth-order valence-corrected chi connectivity index (χ4v) is 4.76. The monoisotopic (exact) mass is 376 g/mol. The maximum Gasteiger partial charge on any atom is 0.227 e. The molecule has 27 heavy (non-hydrogen) atoms. The topological polar surface area (TPSA) is 33.2 Å². The van der Waals surface area contributed by atoms with Crippen LogP contribution < -0.4 is 0 Å². The average molecular weight is 377 g/mol. The standard InChI is InChI=1S/C23H24N2OS/c26-23(16-20-8-5-7-19-6-1-2-9-21(19)20)25-14-11-18(12-15-25)17-27-22-10-3-4-13-24-22/h1-10,13,18H,11-12,14-17H2. The third-order valence-corrected chi connectivity index (χ3v) is 6.47. The van der Waals surface area contributed by atoms with Crippen LogP contribution >= 0.6 is 11.8 Å². The third kappa shape index (κ3) is 4.51. The molecule has 0 saturated carbocycles. The van der Waals surface area contributed by atoms with Crippen LogP contribution in [0.5, 0.6) is 0 Å². The Bertz CT molecular complexity index is 899. The summed E-state index contributed by atoms with van der Waals surface area (Å²) in [6.45, 7) is 1.74. The number of rotatable bonds is 5. The summed E-state index contributed by atoms with van der Waals surface area (Å²) in [7, 11) is 0. The highest BCUT2D eigenvalue weighted by atomic mass is 32.2. The van der Waals surface area contributed by atoms with Gasteiger partial charge in [-0.15, -0.1) is 11.8 Å². The van der Waals surface area contributed by atoms with E-state index in [4.69, 9.17) is 0 Å². The molecule has 0 unspecified atom stereocenters. The number of hydrogen-bond acceptors (Lipinski definition) is 3. The molecule has 0 N–H and O–H groups in total. The first-order chi connectivity index (χ1) is 13.3. The molecule has 4 rings (SSSR count). The van der Waals surface area contributed by atoms with Crippen LogP contribution in [0.2, 0.25) is 0 Å². The predicted molar refractivity (Wildman–Crippen MR) is 112 cm³/mol. The molecule has 138 valence electrons. The molecular formula is C23H24N2OS. The van der Waals surface area contributed by atoms with E-state index in [0.29, 0.717) is 12.3 Å². The Kier molecular flexibility index (Phi) is 5.73. The smallest absolute Gasteiger partial charge is 0.227 e. The second kappa shape index (κ2) is 8.57. The molecule has 0 atom stereocenters. The van der Waals surface area contributed by atoms with Gasteiger partial charge in [-0.25, -0.2) is 4.98 Å². The number of carbonyl (C=O) groups is 1. The SMILES string of the molecule is O=C(Cc1cccc2ccccc12)N1CCC(CSc2ccccn2)CC1. The van der Waals surface area contributed by atoms with Gasteiger partial charge in [-0.3, -0.25) is 4.79 Å². The second-order valence-electron chi connectivity index (χ2n) is 7.12. The van der Waals surface area contributed by atoms with Crippen molar-refractivity contribution >= 4 is 28.4 Å². The van der Waals surface area contributed by atoms with E-state index in [-0.39, 0.29) is 5.91 Å². The highest BCUT2D eigenvalue weighted by Gasteiger charge is 2.23. The lowest BCUT2D eigenvalue weighted by Gasteiger charge is -2.32. The molecule has 1 fully saturated rings. The summed E-state index contributed by atoms with van der Waals surface area (Å²) in [4.78, 5) is 19.2. The maximum atomic E-state index is 12.8. The summed E-state index contributed by atoms with van der Waals surface area (Å²) in [5.74, 6) is 2.00. The summed E-state index contributed by atoms with van der Waals surface area (Å²) in [6.07, 6.45) is 4.51. The second-order valence-corrected chi connectivity index (χ2v) is 8.16. The van der Waals surface area contributed by atoms with Crippen molar-refractivity contribution in [1.29, 1.82) is 0 Å². The molecular weight excluding hydrogens is 352 g/mol. The van der Waals surface area contributed by atoms with Gasteiger partial charge in [-0.2, -0.15) is 0 Å². The minimum Gasteiger partial charge on any atom is -0.342 e. The quantitative estimate of drug-likeness (QED) is 0.599. The lowest BCUT2D eigenvalue weighted by Crippen LogP contribution is -2.39. The molecule has 0 spiro atoms. The van der Waals surface area contributed by atoms with Gasteiger partial charge in [0.25, 0.3) is 0 Å². The molecule has 1 aliphatic heterocycles. The fraction of sp³-hybridized carbons (Fsp3) is 0.304. The number of amides is 1. The Morgan fingerprint density at radius 3 is 2.59 bits per heavy atom. The van der Waals surface area contributed by atoms with Gasteiger partial charge in [-0.05, 0) is 47.2 Å². The van der Waals surface area contributed by atoms with Crippen molar-refractivity contribution in [2.75, 3.05) is 18.8 Å². The number of nitrogens with zero attached hydrogens (tertiary/aromatic N) is 2. The Morgan fingerprint density at radius 2 is 1.78 bits per heavy atom. The third-order valence-electron chi connectivity index (χ3n) is 5.29. The van der Waals surface area contributed by atoms with E-state index in [0.717, 1.165) is 42.3 Å². The molecule has 1 aromatic heterocycles. The van der Waals surface area contributed by atoms with Crippen molar-refractivity contribution in [3.8, 4) is 0 Å². The average Bonchev–Trinajstić information content (AvgIpc) is 2.74. The molecule has 0 bridgehead atoms. The summed E-state index contributed by atoms with van der Waals surface area (Å²) < 4.78 is 0. The van der Waals surface area contributed by atoms with Crippen LogP contribution in [0.25, 0.3) is 10.8 Å². The Hall–Kier alpha value is -2.33. The van der Waals surface area contributed by atoms with Crippen LogP contribution in [-0.4, -0.2) is 34.6 Å². The van der Waals surface area contributed by atoms with Gasteiger partial charge in [-0.1, -0.05) is 48.5 Å². The zero-order chi connectivity index (χ0) is 18.5. The van der Waals surface area contributed by atoms with E-state index < -0.39 is 0 Å². The van der Waals surface area contributed by atoms with Crippen molar-refractivity contribution in [2.24, 2.45) is 5.92 Å². The minimum atomic E-state index is 0.252. The summed E-state index contributed by atoms with van der Waals surface area (Å²) in [6, 6.07) is 20.6. The van der Waals surface area contributed by atoms with E-state index in [1.807, 2.05) is 53.2 Å². The number of pyridine rings is 1. The van der Waals surface area contributed by atoms with Gasteiger partial charge < -0.3 is 4.90 Å². The number of likely N-dealkylation sites (tertiary alicyclic amines) is 1. The Balaban J connectivity index is 1.31. The summed E-state index contributed by atoms with van der Waals surface area (Å²) >= 11 is 1.83. The van der Waals surface area contributed by atoms with Crippen LogP contribution in [0.1, 0.15) is 18.4 Å². The number of carbonyl (C=O) groups excluding carboxylic acids is 1.